The summed E-state index contributed by atoms with van der Waals surface area (Å²) in [6, 6.07) is 19.0. The van der Waals surface area contributed by atoms with Crippen LogP contribution in [0.4, 0.5) is 4.39 Å². The smallest absolute Gasteiger partial charge is 0.267 e. The van der Waals surface area contributed by atoms with Crippen molar-refractivity contribution in [1.29, 1.82) is 0 Å². The maximum Gasteiger partial charge on any atom is 0.273 e. The number of fused-ring (bicyclic) bond motifs is 1. The highest BCUT2D eigenvalue weighted by molar-refractivity contribution is 5.67. The van der Waals surface area contributed by atoms with E-state index in [9.17, 15) is 9.18 Å². The lowest BCUT2D eigenvalue weighted by atomic mass is 10.1. The Labute approximate surface area is 131 Å². The second-order valence-electron chi connectivity index (χ2n) is 5.14. The number of nitrogens with zero attached hydrogens (tertiary/aromatic N) is 3. The second-order valence-corrected chi connectivity index (χ2v) is 5.14. The standard InChI is InChI=1S/C18H12FN3O/c19-14-6-8-15(9-7-14)21-16(13-4-2-1-3-5-13)12-17-20-11-10-18(23)22(17)21/h1-12H. The Morgan fingerprint density at radius 1 is 0.913 bits per heavy atom. The molecule has 0 unspecified atom stereocenters. The summed E-state index contributed by atoms with van der Waals surface area (Å²) in [6.07, 6.45) is 1.49. The number of hydrogen-bond donors (Lipinski definition) is 0. The van der Waals surface area contributed by atoms with Crippen molar-refractivity contribution in [3.8, 4) is 16.9 Å². The summed E-state index contributed by atoms with van der Waals surface area (Å²) in [7, 11) is 0. The molecule has 4 aromatic rings. The third-order valence-corrected chi connectivity index (χ3v) is 3.68. The summed E-state index contributed by atoms with van der Waals surface area (Å²) in [6.45, 7) is 0. The minimum absolute atomic E-state index is 0.193. The Morgan fingerprint density at radius 3 is 2.39 bits per heavy atom. The van der Waals surface area contributed by atoms with E-state index < -0.39 is 0 Å². The maximum atomic E-state index is 13.3. The molecule has 0 bridgehead atoms. The van der Waals surface area contributed by atoms with Gasteiger partial charge in [0.1, 0.15) is 5.82 Å². The quantitative estimate of drug-likeness (QED) is 0.570. The largest absolute Gasteiger partial charge is 0.273 e. The Hall–Kier alpha value is -3.21. The molecule has 0 spiro atoms. The molecule has 2 aromatic heterocycles. The molecule has 23 heavy (non-hydrogen) atoms. The summed E-state index contributed by atoms with van der Waals surface area (Å²) < 4.78 is 16.5. The van der Waals surface area contributed by atoms with Gasteiger partial charge in [0.05, 0.1) is 11.4 Å². The second kappa shape index (κ2) is 5.21. The Balaban J connectivity index is 2.11. The first-order chi connectivity index (χ1) is 11.2. The molecular weight excluding hydrogens is 293 g/mol. The fourth-order valence-electron chi connectivity index (χ4n) is 2.66. The third-order valence-electron chi connectivity index (χ3n) is 3.68. The van der Waals surface area contributed by atoms with E-state index in [4.69, 9.17) is 0 Å². The molecule has 0 fully saturated rings. The minimum Gasteiger partial charge on any atom is -0.267 e. The molecule has 0 saturated carbocycles. The van der Waals surface area contributed by atoms with Crippen molar-refractivity contribution in [2.45, 2.75) is 0 Å². The van der Waals surface area contributed by atoms with Crippen molar-refractivity contribution in [2.24, 2.45) is 0 Å². The van der Waals surface area contributed by atoms with E-state index in [0.29, 0.717) is 11.3 Å². The zero-order chi connectivity index (χ0) is 15.8. The van der Waals surface area contributed by atoms with Crippen molar-refractivity contribution in [3.05, 3.63) is 89.1 Å². The van der Waals surface area contributed by atoms with E-state index in [1.807, 2.05) is 36.4 Å². The maximum absolute atomic E-state index is 13.3. The molecule has 0 amide bonds. The van der Waals surface area contributed by atoms with Crippen LogP contribution in [0.2, 0.25) is 0 Å². The van der Waals surface area contributed by atoms with E-state index in [0.717, 1.165) is 11.3 Å². The molecule has 0 aliphatic heterocycles. The van der Waals surface area contributed by atoms with Crippen LogP contribution in [-0.4, -0.2) is 14.2 Å². The van der Waals surface area contributed by atoms with Gasteiger partial charge in [0.15, 0.2) is 5.65 Å². The molecule has 2 heterocycles. The van der Waals surface area contributed by atoms with Crippen LogP contribution in [0, 0.1) is 5.82 Å². The van der Waals surface area contributed by atoms with Crippen LogP contribution < -0.4 is 5.56 Å². The first-order valence-electron chi connectivity index (χ1n) is 7.15. The average molecular weight is 305 g/mol. The Kier molecular flexibility index (Phi) is 3.05. The van der Waals surface area contributed by atoms with Crippen LogP contribution >= 0.6 is 0 Å². The van der Waals surface area contributed by atoms with Crippen molar-refractivity contribution >= 4 is 5.65 Å². The van der Waals surface area contributed by atoms with Gasteiger partial charge in [-0.2, -0.15) is 4.52 Å². The lowest BCUT2D eigenvalue weighted by molar-refractivity contribution is 0.626. The van der Waals surface area contributed by atoms with Crippen LogP contribution in [0.3, 0.4) is 0 Å². The Bertz CT molecular complexity index is 1030. The lowest BCUT2D eigenvalue weighted by Gasteiger charge is -2.11. The highest BCUT2D eigenvalue weighted by atomic mass is 19.1. The summed E-state index contributed by atoms with van der Waals surface area (Å²) in [5.74, 6) is -0.322. The van der Waals surface area contributed by atoms with E-state index in [2.05, 4.69) is 4.98 Å². The molecule has 0 aliphatic rings. The molecule has 2 aromatic carbocycles. The van der Waals surface area contributed by atoms with Gasteiger partial charge in [-0.25, -0.2) is 14.1 Å². The molecule has 4 rings (SSSR count). The van der Waals surface area contributed by atoms with E-state index in [1.54, 1.807) is 16.8 Å². The van der Waals surface area contributed by atoms with Gasteiger partial charge in [-0.1, -0.05) is 30.3 Å². The highest BCUT2D eigenvalue weighted by Crippen LogP contribution is 2.25. The Morgan fingerprint density at radius 2 is 1.65 bits per heavy atom. The van der Waals surface area contributed by atoms with Gasteiger partial charge in [-0.05, 0) is 24.3 Å². The molecule has 0 N–H and O–H groups in total. The highest BCUT2D eigenvalue weighted by Gasteiger charge is 2.14. The van der Waals surface area contributed by atoms with E-state index in [1.165, 1.54) is 28.9 Å². The monoisotopic (exact) mass is 305 g/mol. The number of halogens is 1. The summed E-state index contributed by atoms with van der Waals surface area (Å²) in [4.78, 5) is 16.6. The number of benzene rings is 2. The lowest BCUT2D eigenvalue weighted by Crippen LogP contribution is -2.19. The van der Waals surface area contributed by atoms with Gasteiger partial charge in [-0.3, -0.25) is 4.79 Å². The van der Waals surface area contributed by atoms with E-state index >= 15 is 0 Å². The fourth-order valence-corrected chi connectivity index (χ4v) is 2.66. The first-order valence-corrected chi connectivity index (χ1v) is 7.15. The molecule has 5 heteroatoms. The normalized spacial score (nSPS) is 11.0. The first kappa shape index (κ1) is 13.5. The van der Waals surface area contributed by atoms with Crippen molar-refractivity contribution in [1.82, 2.24) is 14.2 Å². The van der Waals surface area contributed by atoms with Gasteiger partial charge in [-0.15, -0.1) is 0 Å². The predicted octanol–water partition coefficient (Wildman–Crippen LogP) is 3.29. The molecule has 0 radical (unpaired) electrons. The SMILES string of the molecule is O=c1ccnc2cc(-c3ccccc3)n(-c3ccc(F)cc3)n12. The van der Waals surface area contributed by atoms with Crippen LogP contribution in [0.1, 0.15) is 0 Å². The molecule has 4 nitrogen and oxygen atoms in total. The summed E-state index contributed by atoms with van der Waals surface area (Å²) >= 11 is 0. The minimum atomic E-state index is -0.322. The third kappa shape index (κ3) is 2.23. The zero-order valence-electron chi connectivity index (χ0n) is 12.1. The molecule has 0 saturated heterocycles. The van der Waals surface area contributed by atoms with Crippen molar-refractivity contribution < 1.29 is 4.39 Å². The van der Waals surface area contributed by atoms with Crippen molar-refractivity contribution in [2.75, 3.05) is 0 Å². The molecular formula is C18H12FN3O. The van der Waals surface area contributed by atoms with Crippen LogP contribution in [0.15, 0.2) is 77.7 Å². The number of rotatable bonds is 2. The average Bonchev–Trinajstić information content (AvgIpc) is 2.97. The van der Waals surface area contributed by atoms with Crippen molar-refractivity contribution in [3.63, 3.8) is 0 Å². The summed E-state index contributed by atoms with van der Waals surface area (Å²) in [5.41, 5.74) is 2.80. The molecule has 0 aliphatic carbocycles. The summed E-state index contributed by atoms with van der Waals surface area (Å²) in [5, 5.41) is 0. The molecule has 112 valence electrons. The van der Waals surface area contributed by atoms with Gasteiger partial charge in [0.2, 0.25) is 0 Å². The van der Waals surface area contributed by atoms with E-state index in [-0.39, 0.29) is 11.4 Å². The van der Waals surface area contributed by atoms with Gasteiger partial charge in [0.25, 0.3) is 5.56 Å². The van der Waals surface area contributed by atoms with Gasteiger partial charge >= 0.3 is 0 Å². The predicted molar refractivity (Wildman–Crippen MR) is 86.2 cm³/mol. The van der Waals surface area contributed by atoms with Gasteiger partial charge < -0.3 is 0 Å². The van der Waals surface area contributed by atoms with Crippen LogP contribution in [0.5, 0.6) is 0 Å². The zero-order valence-corrected chi connectivity index (χ0v) is 12.1. The number of aromatic nitrogens is 3. The number of hydrogen-bond acceptors (Lipinski definition) is 2. The molecule has 0 atom stereocenters. The van der Waals surface area contributed by atoms with Crippen LogP contribution in [0.25, 0.3) is 22.6 Å². The fraction of sp³-hybridized carbons (Fsp3) is 0. The van der Waals surface area contributed by atoms with Gasteiger partial charge in [0, 0.05) is 23.9 Å². The topological polar surface area (TPSA) is 39.3 Å². The van der Waals surface area contributed by atoms with Crippen LogP contribution in [-0.2, 0) is 0 Å².